The Kier molecular flexibility index (Phi) is 6.66. The second-order valence-electron chi connectivity index (χ2n) is 7.61. The number of amides is 1. The molecule has 0 N–H and O–H groups in total. The van der Waals surface area contributed by atoms with E-state index in [1.54, 1.807) is 6.08 Å². The summed E-state index contributed by atoms with van der Waals surface area (Å²) < 4.78 is 11.6. The van der Waals surface area contributed by atoms with Gasteiger partial charge in [-0.2, -0.15) is 0 Å². The number of hydrogen-bond donors (Lipinski definition) is 0. The van der Waals surface area contributed by atoms with Gasteiger partial charge in [-0.15, -0.1) is 6.58 Å². The summed E-state index contributed by atoms with van der Waals surface area (Å²) in [4.78, 5) is 28.0. The molecule has 5 heteroatoms. The molecule has 5 nitrogen and oxygen atoms in total. The van der Waals surface area contributed by atoms with E-state index in [9.17, 15) is 9.59 Å². The summed E-state index contributed by atoms with van der Waals surface area (Å²) in [5, 5.41) is 0. The number of hydrogen-bond acceptors (Lipinski definition) is 4. The predicted octanol–water partition coefficient (Wildman–Crippen LogP) is 5.61. The molecule has 3 atom stereocenters. The molecule has 3 aromatic rings. The lowest BCUT2D eigenvalue weighted by Crippen LogP contribution is -2.54. The fraction of sp³-hybridized carbons (Fsp3) is 0.185. The van der Waals surface area contributed by atoms with Crippen LogP contribution < -0.4 is 0 Å². The summed E-state index contributed by atoms with van der Waals surface area (Å²) in [6, 6.07) is 27.2. The van der Waals surface area contributed by atoms with Crippen molar-refractivity contribution in [1.82, 2.24) is 4.90 Å². The van der Waals surface area contributed by atoms with Crippen molar-refractivity contribution in [1.29, 1.82) is 0 Å². The highest BCUT2D eigenvalue weighted by Crippen LogP contribution is 2.43. The monoisotopic (exact) mass is 427 g/mol. The third kappa shape index (κ3) is 4.57. The lowest BCUT2D eigenvalue weighted by molar-refractivity contribution is -0.173. The third-order valence-electron chi connectivity index (χ3n) is 5.51. The van der Waals surface area contributed by atoms with E-state index >= 15 is 0 Å². The number of esters is 1. The Bertz CT molecular complexity index is 1050. The van der Waals surface area contributed by atoms with E-state index in [0.717, 1.165) is 16.7 Å². The first-order valence-corrected chi connectivity index (χ1v) is 10.6. The van der Waals surface area contributed by atoms with E-state index in [0.29, 0.717) is 0 Å². The normalized spacial score (nSPS) is 20.3. The minimum Gasteiger partial charge on any atom is -0.453 e. The van der Waals surface area contributed by atoms with Gasteiger partial charge in [0.1, 0.15) is 18.7 Å². The third-order valence-corrected chi connectivity index (χ3v) is 5.51. The Balaban J connectivity index is 1.73. The molecule has 3 aromatic carbocycles. The molecule has 0 saturated carbocycles. The molecule has 4 rings (SSSR count). The first-order chi connectivity index (χ1) is 15.7. The molecular formula is C27H25NO4. The van der Waals surface area contributed by atoms with Gasteiger partial charge in [-0.3, -0.25) is 4.90 Å². The van der Waals surface area contributed by atoms with Crippen molar-refractivity contribution in [2.24, 2.45) is 0 Å². The molecule has 0 spiro atoms. The van der Waals surface area contributed by atoms with Crippen LogP contribution in [-0.4, -0.2) is 23.0 Å². The number of rotatable bonds is 6. The quantitative estimate of drug-likeness (QED) is 0.379. The van der Waals surface area contributed by atoms with E-state index < -0.39 is 30.3 Å². The molecule has 0 radical (unpaired) electrons. The molecule has 0 bridgehead atoms. The van der Waals surface area contributed by atoms with Gasteiger partial charge in [0, 0.05) is 0 Å². The molecule has 1 aliphatic heterocycles. The summed E-state index contributed by atoms with van der Waals surface area (Å²) in [5.74, 6) is -0.470. The van der Waals surface area contributed by atoms with E-state index in [-0.39, 0.29) is 13.0 Å². The van der Waals surface area contributed by atoms with Crippen molar-refractivity contribution < 1.29 is 19.1 Å². The summed E-state index contributed by atoms with van der Waals surface area (Å²) in [6.07, 6.45) is 0.668. The van der Waals surface area contributed by atoms with Gasteiger partial charge in [-0.1, -0.05) is 97.1 Å². The molecule has 162 valence electrons. The van der Waals surface area contributed by atoms with E-state index in [4.69, 9.17) is 9.47 Å². The molecular weight excluding hydrogens is 402 g/mol. The number of carbonyl (C=O) groups is 2. The lowest BCUT2D eigenvalue weighted by atomic mass is 9.90. The highest BCUT2D eigenvalue weighted by molar-refractivity contribution is 5.83. The van der Waals surface area contributed by atoms with E-state index in [2.05, 4.69) is 6.58 Å². The summed E-state index contributed by atoms with van der Waals surface area (Å²) in [7, 11) is 0. The van der Waals surface area contributed by atoms with Crippen LogP contribution in [0.5, 0.6) is 0 Å². The number of ether oxygens (including phenoxy) is 2. The predicted molar refractivity (Wildman–Crippen MR) is 122 cm³/mol. The maximum atomic E-state index is 13.4. The summed E-state index contributed by atoms with van der Waals surface area (Å²) in [5.41, 5.74) is 2.55. The average Bonchev–Trinajstić information content (AvgIpc) is 2.85. The Morgan fingerprint density at radius 2 is 1.47 bits per heavy atom. The van der Waals surface area contributed by atoms with Crippen molar-refractivity contribution in [3.8, 4) is 0 Å². The Morgan fingerprint density at radius 1 is 0.906 bits per heavy atom. The van der Waals surface area contributed by atoms with Crippen molar-refractivity contribution >= 4 is 12.1 Å². The number of carbonyl (C=O) groups excluding carboxylic acids is 2. The Morgan fingerprint density at radius 3 is 2.06 bits per heavy atom. The van der Waals surface area contributed by atoms with Gasteiger partial charge < -0.3 is 9.47 Å². The fourth-order valence-electron chi connectivity index (χ4n) is 4.00. The van der Waals surface area contributed by atoms with Crippen LogP contribution in [0, 0.1) is 0 Å². The van der Waals surface area contributed by atoms with Crippen LogP contribution in [0.15, 0.2) is 104 Å². The van der Waals surface area contributed by atoms with Gasteiger partial charge in [-0.25, -0.2) is 9.59 Å². The zero-order valence-electron chi connectivity index (χ0n) is 17.7. The molecule has 1 amide bonds. The van der Waals surface area contributed by atoms with Crippen molar-refractivity contribution in [3.63, 3.8) is 0 Å². The highest BCUT2D eigenvalue weighted by atomic mass is 16.6. The van der Waals surface area contributed by atoms with Gasteiger partial charge in [0.15, 0.2) is 6.10 Å². The molecule has 1 aliphatic rings. The molecule has 0 aliphatic carbocycles. The number of benzene rings is 3. The molecule has 32 heavy (non-hydrogen) atoms. The highest BCUT2D eigenvalue weighted by Gasteiger charge is 2.47. The number of cyclic esters (lactones) is 1. The van der Waals surface area contributed by atoms with Crippen LogP contribution in [-0.2, 0) is 20.9 Å². The maximum Gasteiger partial charge on any atom is 0.411 e. The smallest absolute Gasteiger partial charge is 0.411 e. The van der Waals surface area contributed by atoms with Gasteiger partial charge in [0.05, 0.1) is 0 Å². The van der Waals surface area contributed by atoms with Crippen molar-refractivity contribution in [2.45, 2.75) is 31.2 Å². The van der Waals surface area contributed by atoms with Crippen molar-refractivity contribution in [2.75, 3.05) is 0 Å². The fourth-order valence-corrected chi connectivity index (χ4v) is 4.00. The Labute approximate surface area is 187 Å². The largest absolute Gasteiger partial charge is 0.453 e. The first-order valence-electron chi connectivity index (χ1n) is 10.6. The van der Waals surface area contributed by atoms with Crippen LogP contribution in [0.4, 0.5) is 4.79 Å². The van der Waals surface area contributed by atoms with Crippen LogP contribution in [0.3, 0.4) is 0 Å². The van der Waals surface area contributed by atoms with Gasteiger partial charge in [0.2, 0.25) is 0 Å². The molecule has 0 unspecified atom stereocenters. The summed E-state index contributed by atoms with van der Waals surface area (Å²) in [6.45, 7) is 3.88. The van der Waals surface area contributed by atoms with Gasteiger partial charge in [-0.05, 0) is 23.1 Å². The first kappa shape index (κ1) is 21.4. The second-order valence-corrected chi connectivity index (χ2v) is 7.61. The summed E-state index contributed by atoms with van der Waals surface area (Å²) >= 11 is 0. The van der Waals surface area contributed by atoms with E-state index in [1.165, 1.54) is 4.90 Å². The molecule has 1 saturated heterocycles. The minimum atomic E-state index is -0.819. The van der Waals surface area contributed by atoms with Crippen LogP contribution in [0.25, 0.3) is 0 Å². The molecule has 1 fully saturated rings. The minimum absolute atomic E-state index is 0.115. The van der Waals surface area contributed by atoms with Gasteiger partial charge in [0.25, 0.3) is 0 Å². The molecule has 0 aromatic heterocycles. The Hall–Kier alpha value is -3.86. The van der Waals surface area contributed by atoms with Crippen LogP contribution in [0.1, 0.15) is 35.3 Å². The van der Waals surface area contributed by atoms with Crippen LogP contribution in [0.2, 0.25) is 0 Å². The zero-order chi connectivity index (χ0) is 22.3. The average molecular weight is 428 g/mol. The lowest BCUT2D eigenvalue weighted by Gasteiger charge is -2.44. The van der Waals surface area contributed by atoms with Gasteiger partial charge >= 0.3 is 12.1 Å². The molecule has 1 heterocycles. The zero-order valence-corrected chi connectivity index (χ0v) is 17.7. The number of morpholine rings is 1. The van der Waals surface area contributed by atoms with Crippen LogP contribution >= 0.6 is 0 Å². The maximum absolute atomic E-state index is 13.4. The standard InChI is InChI=1S/C27H25NO4/c1-2-12-23-26(29)32-25(22-17-10-5-11-18-22)24(21-15-8-4-9-16-21)28(23)27(30)31-19-20-13-6-3-7-14-20/h2-11,13-18,23-25H,1,12,19H2/t23-,24-,25+/m0/s1. The topological polar surface area (TPSA) is 55.8 Å². The SMILES string of the molecule is C=CC[C@H]1C(=O)O[C@H](c2ccccc2)[C@H](c2ccccc2)N1C(=O)OCc1ccccc1. The second kappa shape index (κ2) is 9.96. The number of nitrogens with zero attached hydrogens (tertiary/aromatic N) is 1. The van der Waals surface area contributed by atoms with E-state index in [1.807, 2.05) is 91.0 Å². The van der Waals surface area contributed by atoms with Crippen molar-refractivity contribution in [3.05, 3.63) is 120 Å².